The summed E-state index contributed by atoms with van der Waals surface area (Å²) in [5, 5.41) is 0.522. The molecule has 0 radical (unpaired) electrons. The van der Waals surface area contributed by atoms with Crippen LogP contribution in [0.4, 0.5) is 19.0 Å². The summed E-state index contributed by atoms with van der Waals surface area (Å²) in [5.74, 6) is -0.199. The Morgan fingerprint density at radius 2 is 2.05 bits per heavy atom. The molecule has 0 bridgehead atoms. The lowest BCUT2D eigenvalue weighted by molar-refractivity contribution is -0.118. The zero-order valence-electron chi connectivity index (χ0n) is 23.3. The molecular weight excluding hydrogens is 585 g/mol. The first-order chi connectivity index (χ1) is 20.4. The van der Waals surface area contributed by atoms with Gasteiger partial charge in [-0.25, -0.2) is 36.5 Å². The van der Waals surface area contributed by atoms with Crippen LogP contribution in [0.2, 0.25) is 0 Å². The Hall–Kier alpha value is -4.18. The maximum Gasteiger partial charge on any atom is 0.297 e. The number of ketones is 1. The molecule has 2 aliphatic heterocycles. The van der Waals surface area contributed by atoms with E-state index in [0.29, 0.717) is 16.5 Å². The van der Waals surface area contributed by atoms with E-state index in [1.807, 2.05) is 0 Å². The van der Waals surface area contributed by atoms with Crippen LogP contribution in [0.15, 0.2) is 40.9 Å². The van der Waals surface area contributed by atoms with Gasteiger partial charge in [0.05, 0.1) is 29.7 Å². The van der Waals surface area contributed by atoms with E-state index in [9.17, 15) is 22.0 Å². The van der Waals surface area contributed by atoms with Crippen molar-refractivity contribution in [2.45, 2.75) is 50.9 Å². The zero-order valence-corrected chi connectivity index (χ0v) is 24.1. The molecular formula is C30H27F3N4O5S. The number of terminal acetylenes is 1. The minimum atomic E-state index is -3.41. The number of carbonyl (C=O) groups excluding carboxylic acids is 1. The Bertz CT molecular complexity index is 1910. The smallest absolute Gasteiger partial charge is 0.297 e. The Kier molecular flexibility index (Phi) is 7.07. The molecule has 0 N–H and O–H groups in total. The lowest BCUT2D eigenvalue weighted by atomic mass is 9.82. The highest BCUT2D eigenvalue weighted by molar-refractivity contribution is 7.91. The van der Waals surface area contributed by atoms with Crippen LogP contribution in [0.25, 0.3) is 22.1 Å². The van der Waals surface area contributed by atoms with Gasteiger partial charge in [0.25, 0.3) is 6.43 Å². The van der Waals surface area contributed by atoms with Gasteiger partial charge in [-0.05, 0) is 25.1 Å². The second-order valence-electron chi connectivity index (χ2n) is 11.1. The SMILES string of the molecule is C#Cc1cnc(O[C@H]2C[C@@H](C(C)=O)N(c3nc(C(F)F)nc4c3oc3ccccc34)C2)c([C@@]2(F)CCS(=O)(=O)C[C@@H]2C)c1. The summed E-state index contributed by atoms with van der Waals surface area (Å²) < 4.78 is 81.1. The first-order valence-electron chi connectivity index (χ1n) is 13.7. The standard InChI is InChI=1S/C30H27F3N4O5S/c1-4-18-11-21(30(33)9-10-43(39,40)15-16(30)2)29(34-13-18)41-19-12-22(17(3)38)37(14-19)28-25-24(35-27(36-28)26(31)32)20-7-5-6-8-23(20)42-25/h1,5-8,11,13,16,19,22,26H,9-10,12,14-15H2,2-3H3/t16-,19-,22-,30+/m0/s1. The number of nitrogens with zero attached hydrogens (tertiary/aromatic N) is 4. The molecule has 0 unspecified atom stereocenters. The fourth-order valence-electron chi connectivity index (χ4n) is 6.02. The monoisotopic (exact) mass is 612 g/mol. The van der Waals surface area contributed by atoms with E-state index >= 15 is 4.39 Å². The fraction of sp³-hybridized carbons (Fsp3) is 0.400. The van der Waals surface area contributed by atoms with E-state index in [2.05, 4.69) is 20.9 Å². The minimum absolute atomic E-state index is 0.0112. The third kappa shape index (κ3) is 5.07. The van der Waals surface area contributed by atoms with Gasteiger partial charge in [0.1, 0.15) is 22.9 Å². The van der Waals surface area contributed by atoms with Crippen LogP contribution >= 0.6 is 0 Å². The van der Waals surface area contributed by atoms with Gasteiger partial charge >= 0.3 is 0 Å². The predicted molar refractivity (Wildman–Crippen MR) is 153 cm³/mol. The molecule has 2 aliphatic rings. The van der Waals surface area contributed by atoms with Crippen molar-refractivity contribution in [3.8, 4) is 18.2 Å². The topological polar surface area (TPSA) is 115 Å². The minimum Gasteiger partial charge on any atom is -0.472 e. The molecule has 6 rings (SSSR count). The molecule has 2 saturated heterocycles. The first-order valence-corrected chi connectivity index (χ1v) is 15.5. The molecule has 0 spiro atoms. The van der Waals surface area contributed by atoms with Crippen molar-refractivity contribution in [1.29, 1.82) is 0 Å². The summed E-state index contributed by atoms with van der Waals surface area (Å²) in [4.78, 5) is 26.8. The molecule has 3 aromatic heterocycles. The van der Waals surface area contributed by atoms with E-state index in [1.165, 1.54) is 26.1 Å². The molecule has 4 atom stereocenters. The Labute approximate surface area is 245 Å². The summed E-state index contributed by atoms with van der Waals surface area (Å²) in [6.07, 6.45) is 3.00. The van der Waals surface area contributed by atoms with Crippen LogP contribution in [0.3, 0.4) is 0 Å². The molecule has 2 fully saturated rings. The zero-order chi connectivity index (χ0) is 30.7. The summed E-state index contributed by atoms with van der Waals surface area (Å²) in [6, 6.07) is 7.45. The molecule has 13 heteroatoms. The number of sulfone groups is 1. The van der Waals surface area contributed by atoms with Crippen LogP contribution in [-0.2, 0) is 20.3 Å². The highest BCUT2D eigenvalue weighted by Crippen LogP contribution is 2.46. The van der Waals surface area contributed by atoms with Gasteiger partial charge < -0.3 is 14.1 Å². The molecule has 0 aliphatic carbocycles. The van der Waals surface area contributed by atoms with E-state index in [-0.39, 0.29) is 65.0 Å². The second-order valence-corrected chi connectivity index (χ2v) is 13.3. The Morgan fingerprint density at radius 3 is 2.74 bits per heavy atom. The van der Waals surface area contributed by atoms with Crippen LogP contribution in [0.1, 0.15) is 50.1 Å². The summed E-state index contributed by atoms with van der Waals surface area (Å²) in [5.41, 5.74) is -0.998. The Morgan fingerprint density at radius 1 is 1.28 bits per heavy atom. The van der Waals surface area contributed by atoms with E-state index < -0.39 is 45.8 Å². The quantitative estimate of drug-likeness (QED) is 0.280. The number of hydrogen-bond donors (Lipinski definition) is 0. The molecule has 5 heterocycles. The number of halogens is 3. The number of benzene rings is 1. The van der Waals surface area contributed by atoms with E-state index in [1.54, 1.807) is 29.2 Å². The number of pyridine rings is 1. The molecule has 4 aromatic rings. The van der Waals surface area contributed by atoms with Crippen molar-refractivity contribution in [3.63, 3.8) is 0 Å². The molecule has 43 heavy (non-hydrogen) atoms. The number of aromatic nitrogens is 3. The summed E-state index contributed by atoms with van der Waals surface area (Å²) >= 11 is 0. The number of ether oxygens (including phenoxy) is 1. The largest absolute Gasteiger partial charge is 0.472 e. The summed E-state index contributed by atoms with van der Waals surface area (Å²) in [7, 11) is -3.41. The van der Waals surface area contributed by atoms with Gasteiger partial charge in [0.15, 0.2) is 32.8 Å². The average Bonchev–Trinajstić information content (AvgIpc) is 3.56. The van der Waals surface area contributed by atoms with Crippen molar-refractivity contribution in [2.24, 2.45) is 5.92 Å². The number of Topliss-reactive ketones (excluding diaryl/α,β-unsaturated/α-hetero) is 1. The first kappa shape index (κ1) is 28.9. The number of fused-ring (bicyclic) bond motifs is 3. The Balaban J connectivity index is 1.40. The van der Waals surface area contributed by atoms with Crippen molar-refractivity contribution in [2.75, 3.05) is 23.0 Å². The van der Waals surface area contributed by atoms with Crippen LogP contribution in [-0.4, -0.2) is 59.3 Å². The van der Waals surface area contributed by atoms with Crippen molar-refractivity contribution < 1.29 is 35.5 Å². The third-order valence-electron chi connectivity index (χ3n) is 8.22. The summed E-state index contributed by atoms with van der Waals surface area (Å²) in [6.45, 7) is 2.90. The van der Waals surface area contributed by atoms with Crippen LogP contribution < -0.4 is 9.64 Å². The number of anilines is 1. The lowest BCUT2D eigenvalue weighted by Gasteiger charge is -2.36. The third-order valence-corrected chi connectivity index (χ3v) is 10.1. The highest BCUT2D eigenvalue weighted by Gasteiger charge is 2.48. The van der Waals surface area contributed by atoms with Crippen LogP contribution in [0, 0.1) is 18.3 Å². The number of alkyl halides is 3. The maximum atomic E-state index is 16.6. The van der Waals surface area contributed by atoms with Gasteiger partial charge in [-0.2, -0.15) is 0 Å². The number of carbonyl (C=O) groups is 1. The molecule has 9 nitrogen and oxygen atoms in total. The number of rotatable bonds is 6. The number of hydrogen-bond acceptors (Lipinski definition) is 9. The van der Waals surface area contributed by atoms with E-state index in [4.69, 9.17) is 15.6 Å². The normalized spacial score (nSPS) is 25.3. The number of furan rings is 1. The van der Waals surface area contributed by atoms with Gasteiger partial charge in [0, 0.05) is 35.9 Å². The fourth-order valence-corrected chi connectivity index (χ4v) is 7.82. The second kappa shape index (κ2) is 10.5. The number of para-hydroxylation sites is 1. The van der Waals surface area contributed by atoms with Gasteiger partial charge in [-0.3, -0.25) is 4.79 Å². The highest BCUT2D eigenvalue weighted by atomic mass is 32.2. The molecule has 0 amide bonds. The average molecular weight is 613 g/mol. The van der Waals surface area contributed by atoms with Crippen molar-refractivity contribution in [3.05, 3.63) is 53.5 Å². The lowest BCUT2D eigenvalue weighted by Crippen LogP contribution is -2.41. The van der Waals surface area contributed by atoms with Gasteiger partial charge in [-0.15, -0.1) is 6.42 Å². The van der Waals surface area contributed by atoms with Crippen molar-refractivity contribution >= 4 is 43.5 Å². The van der Waals surface area contributed by atoms with Gasteiger partial charge in [-0.1, -0.05) is 25.0 Å². The molecule has 0 saturated carbocycles. The predicted octanol–water partition coefficient (Wildman–Crippen LogP) is 4.92. The van der Waals surface area contributed by atoms with E-state index in [0.717, 1.165) is 0 Å². The van der Waals surface area contributed by atoms with Gasteiger partial charge in [0.2, 0.25) is 5.88 Å². The maximum absolute atomic E-state index is 16.6. The molecule has 224 valence electrons. The van der Waals surface area contributed by atoms with Crippen LogP contribution in [0.5, 0.6) is 5.88 Å². The molecule has 1 aromatic carbocycles. The van der Waals surface area contributed by atoms with Crippen molar-refractivity contribution in [1.82, 2.24) is 15.0 Å².